The summed E-state index contributed by atoms with van der Waals surface area (Å²) in [5, 5.41) is 3.36. The molecule has 0 bridgehead atoms. The van der Waals surface area contributed by atoms with Crippen LogP contribution in [0.5, 0.6) is 0 Å². The molecule has 136 valence electrons. The Labute approximate surface area is 148 Å². The number of halogens is 2. The predicted octanol–water partition coefficient (Wildman–Crippen LogP) is 1.68. The first kappa shape index (κ1) is 19.6. The molecule has 1 aromatic carbocycles. The Morgan fingerprint density at radius 2 is 1.92 bits per heavy atom. The van der Waals surface area contributed by atoms with Crippen LogP contribution in [0.3, 0.4) is 0 Å². The van der Waals surface area contributed by atoms with Gasteiger partial charge in [0.05, 0.1) is 11.9 Å². The summed E-state index contributed by atoms with van der Waals surface area (Å²) in [5.74, 6) is 0.179. The number of benzene rings is 1. The van der Waals surface area contributed by atoms with Crippen molar-refractivity contribution in [2.45, 2.75) is 30.7 Å². The van der Waals surface area contributed by atoms with Crippen LogP contribution in [0.1, 0.15) is 18.4 Å². The van der Waals surface area contributed by atoms with Crippen LogP contribution in [0.4, 0.5) is 4.39 Å². The molecule has 1 heterocycles. The van der Waals surface area contributed by atoms with E-state index >= 15 is 0 Å². The minimum atomic E-state index is -3.62. The molecule has 8 heteroatoms. The number of hydrogen-bond donors (Lipinski definition) is 2. The third-order valence-corrected chi connectivity index (χ3v) is 6.31. The summed E-state index contributed by atoms with van der Waals surface area (Å²) >= 11 is 0. The van der Waals surface area contributed by atoms with Gasteiger partial charge in [0, 0.05) is 18.7 Å². The first-order valence-corrected chi connectivity index (χ1v) is 9.60. The second-order valence-corrected chi connectivity index (χ2v) is 8.25. The predicted molar refractivity (Wildman–Crippen MR) is 93.1 cm³/mol. The smallest absolute Gasteiger partial charge is 0.216 e. The highest BCUT2D eigenvalue weighted by Crippen LogP contribution is 2.34. The van der Waals surface area contributed by atoms with E-state index in [2.05, 4.69) is 10.0 Å². The second-order valence-electron chi connectivity index (χ2n) is 6.50. The zero-order valence-corrected chi connectivity index (χ0v) is 15.2. The Balaban J connectivity index is 0.00000208. The Bertz CT molecular complexity index is 658. The largest absolute Gasteiger partial charge is 0.380 e. The van der Waals surface area contributed by atoms with E-state index in [0.717, 1.165) is 25.9 Å². The highest BCUT2D eigenvalue weighted by molar-refractivity contribution is 7.88. The summed E-state index contributed by atoms with van der Waals surface area (Å²) in [6.45, 7) is 1.89. The van der Waals surface area contributed by atoms with Gasteiger partial charge in [-0.3, -0.25) is 0 Å². The summed E-state index contributed by atoms with van der Waals surface area (Å²) in [4.78, 5) is 0. The van der Waals surface area contributed by atoms with Crippen molar-refractivity contribution in [1.29, 1.82) is 0 Å². The molecule has 1 saturated carbocycles. The van der Waals surface area contributed by atoms with Crippen LogP contribution in [-0.2, 0) is 20.5 Å². The molecule has 3 rings (SSSR count). The van der Waals surface area contributed by atoms with Crippen molar-refractivity contribution in [3.05, 3.63) is 35.6 Å². The van der Waals surface area contributed by atoms with Gasteiger partial charge < -0.3 is 10.1 Å². The molecule has 2 fully saturated rings. The van der Waals surface area contributed by atoms with Crippen molar-refractivity contribution in [2.75, 3.05) is 20.2 Å². The maximum absolute atomic E-state index is 13.7. The van der Waals surface area contributed by atoms with Gasteiger partial charge in [0.25, 0.3) is 0 Å². The fraction of sp³-hybridized carbons (Fsp3) is 0.625. The monoisotopic (exact) mass is 378 g/mol. The lowest BCUT2D eigenvalue weighted by Crippen LogP contribution is -2.50. The molecular weight excluding hydrogens is 355 g/mol. The van der Waals surface area contributed by atoms with Gasteiger partial charge in [-0.2, -0.15) is 0 Å². The lowest BCUT2D eigenvalue weighted by atomic mass is 9.78. The number of nitrogens with one attached hydrogen (secondary N) is 2. The van der Waals surface area contributed by atoms with E-state index in [1.165, 1.54) is 12.1 Å². The first-order valence-electron chi connectivity index (χ1n) is 7.95. The average molecular weight is 379 g/mol. The molecule has 24 heavy (non-hydrogen) atoms. The van der Waals surface area contributed by atoms with Gasteiger partial charge in [-0.25, -0.2) is 17.5 Å². The van der Waals surface area contributed by atoms with Crippen LogP contribution in [0, 0.1) is 17.7 Å². The lowest BCUT2D eigenvalue weighted by Gasteiger charge is -2.37. The Hall–Kier alpha value is -0.730. The zero-order chi connectivity index (χ0) is 16.4. The van der Waals surface area contributed by atoms with Crippen molar-refractivity contribution < 1.29 is 17.5 Å². The van der Waals surface area contributed by atoms with E-state index in [-0.39, 0.29) is 35.9 Å². The van der Waals surface area contributed by atoms with Gasteiger partial charge in [-0.1, -0.05) is 18.2 Å². The molecule has 1 aromatic rings. The van der Waals surface area contributed by atoms with Gasteiger partial charge in [-0.05, 0) is 43.8 Å². The maximum atomic E-state index is 13.7. The number of hydrogen-bond acceptors (Lipinski definition) is 4. The van der Waals surface area contributed by atoms with Crippen molar-refractivity contribution in [3.8, 4) is 0 Å². The summed E-state index contributed by atoms with van der Waals surface area (Å²) in [7, 11) is -2.00. The van der Waals surface area contributed by atoms with E-state index in [1.54, 1.807) is 19.2 Å². The summed E-state index contributed by atoms with van der Waals surface area (Å²) < 4.78 is 46.8. The van der Waals surface area contributed by atoms with E-state index in [1.807, 2.05) is 0 Å². The van der Waals surface area contributed by atoms with Crippen LogP contribution in [0.25, 0.3) is 0 Å². The number of rotatable bonds is 5. The highest BCUT2D eigenvalue weighted by atomic mass is 35.5. The van der Waals surface area contributed by atoms with Crippen molar-refractivity contribution in [2.24, 2.45) is 11.8 Å². The van der Waals surface area contributed by atoms with E-state index in [4.69, 9.17) is 4.74 Å². The molecule has 0 amide bonds. The molecule has 1 saturated heterocycles. The zero-order valence-electron chi connectivity index (χ0n) is 13.6. The Morgan fingerprint density at radius 3 is 2.58 bits per heavy atom. The van der Waals surface area contributed by atoms with Crippen LogP contribution in [0.15, 0.2) is 24.3 Å². The van der Waals surface area contributed by atoms with Gasteiger partial charge in [0.15, 0.2) is 0 Å². The Kier molecular flexibility index (Phi) is 6.61. The maximum Gasteiger partial charge on any atom is 0.216 e. The third kappa shape index (κ3) is 4.46. The molecule has 0 aromatic heterocycles. The number of methoxy groups -OCH3 is 1. The fourth-order valence-electron chi connectivity index (χ4n) is 3.76. The SMILES string of the molecule is CO[C@H]1C[C@@H]2CNC[C@@H]2C[C@@H]1NS(=O)(=O)Cc1ccccc1F.Cl. The molecule has 0 unspecified atom stereocenters. The van der Waals surface area contributed by atoms with Gasteiger partial charge in [-0.15, -0.1) is 12.4 Å². The first-order chi connectivity index (χ1) is 11.0. The van der Waals surface area contributed by atoms with Gasteiger partial charge in [0.2, 0.25) is 10.0 Å². The highest BCUT2D eigenvalue weighted by Gasteiger charge is 2.41. The van der Waals surface area contributed by atoms with Crippen LogP contribution in [0.2, 0.25) is 0 Å². The van der Waals surface area contributed by atoms with Crippen LogP contribution >= 0.6 is 12.4 Å². The lowest BCUT2D eigenvalue weighted by molar-refractivity contribution is 0.0194. The second kappa shape index (κ2) is 8.10. The van der Waals surface area contributed by atoms with E-state index in [9.17, 15) is 12.8 Å². The number of fused-ring (bicyclic) bond motifs is 1. The van der Waals surface area contributed by atoms with Crippen molar-refractivity contribution >= 4 is 22.4 Å². The minimum Gasteiger partial charge on any atom is -0.380 e. The number of sulfonamides is 1. The number of ether oxygens (including phenoxy) is 1. The molecule has 4 atom stereocenters. The van der Waals surface area contributed by atoms with E-state index in [0.29, 0.717) is 11.8 Å². The minimum absolute atomic E-state index is 0. The molecule has 0 radical (unpaired) electrons. The van der Waals surface area contributed by atoms with Gasteiger partial charge >= 0.3 is 0 Å². The molecule has 2 aliphatic rings. The van der Waals surface area contributed by atoms with Crippen LogP contribution < -0.4 is 10.0 Å². The van der Waals surface area contributed by atoms with E-state index < -0.39 is 15.8 Å². The summed E-state index contributed by atoms with van der Waals surface area (Å²) in [5.41, 5.74) is 0.185. The van der Waals surface area contributed by atoms with Gasteiger partial charge in [0.1, 0.15) is 5.82 Å². The molecule has 1 aliphatic heterocycles. The molecule has 2 N–H and O–H groups in total. The molecule has 1 aliphatic carbocycles. The summed E-state index contributed by atoms with van der Waals surface area (Å²) in [6.07, 6.45) is 1.47. The van der Waals surface area contributed by atoms with Crippen molar-refractivity contribution in [3.63, 3.8) is 0 Å². The molecular formula is C16H24ClFN2O3S. The fourth-order valence-corrected chi connectivity index (χ4v) is 5.19. The Morgan fingerprint density at radius 1 is 1.25 bits per heavy atom. The topological polar surface area (TPSA) is 67.4 Å². The standard InChI is InChI=1S/C16H23FN2O3S.ClH/c1-22-16-7-13-9-18-8-12(13)6-15(16)19-23(20,21)10-11-4-2-3-5-14(11)17;/h2-5,12-13,15-16,18-19H,6-10H2,1H3;1H/t12-,13+,15-,16-;/m0./s1. The average Bonchev–Trinajstić information content (AvgIpc) is 2.95. The quantitative estimate of drug-likeness (QED) is 0.818. The van der Waals surface area contributed by atoms with Crippen molar-refractivity contribution in [1.82, 2.24) is 10.0 Å². The summed E-state index contributed by atoms with van der Waals surface area (Å²) in [6, 6.07) is 5.71. The third-order valence-electron chi connectivity index (χ3n) is 4.96. The normalized spacial score (nSPS) is 29.8. The van der Waals surface area contributed by atoms with Crippen LogP contribution in [-0.4, -0.2) is 40.8 Å². The molecule has 5 nitrogen and oxygen atoms in total. The molecule has 0 spiro atoms.